The molecule has 1 aromatic carbocycles. The van der Waals surface area contributed by atoms with E-state index >= 15 is 0 Å². The zero-order valence-corrected chi connectivity index (χ0v) is 19.1. The Balaban J connectivity index is 1.43. The minimum atomic E-state index is -3.75. The van der Waals surface area contributed by atoms with Gasteiger partial charge in [0.15, 0.2) is 0 Å². The lowest BCUT2D eigenvalue weighted by Gasteiger charge is -2.17. The fraction of sp³-hybridized carbons (Fsp3) is 0.429. The number of aryl methyl sites for hydroxylation is 1. The van der Waals surface area contributed by atoms with Crippen molar-refractivity contribution in [2.75, 3.05) is 13.6 Å². The third kappa shape index (κ3) is 5.90. The molecule has 0 radical (unpaired) electrons. The first-order valence-electron chi connectivity index (χ1n) is 10.1. The van der Waals surface area contributed by atoms with E-state index in [1.165, 1.54) is 41.0 Å². The summed E-state index contributed by atoms with van der Waals surface area (Å²) in [5.41, 5.74) is 6.02. The largest absolute Gasteiger partial charge is 0.279 e. The number of hydrogen-bond acceptors (Lipinski definition) is 5. The quantitative estimate of drug-likeness (QED) is 0.612. The minimum Gasteiger partial charge on any atom is -0.273 e. The van der Waals surface area contributed by atoms with Crippen molar-refractivity contribution in [2.24, 2.45) is 5.92 Å². The number of fused-ring (bicyclic) bond motifs is 1. The molecule has 0 aliphatic heterocycles. The van der Waals surface area contributed by atoms with Crippen molar-refractivity contribution < 1.29 is 22.4 Å². The maximum Gasteiger partial charge on any atom is 0.279 e. The molecule has 10 heteroatoms. The van der Waals surface area contributed by atoms with Gasteiger partial charge in [-0.2, -0.15) is 0 Å². The van der Waals surface area contributed by atoms with E-state index in [1.54, 1.807) is 0 Å². The van der Waals surface area contributed by atoms with Crippen LogP contribution in [0.5, 0.6) is 0 Å². The predicted octanol–water partition coefficient (Wildman–Crippen LogP) is 2.87. The van der Waals surface area contributed by atoms with E-state index in [-0.39, 0.29) is 30.2 Å². The molecule has 0 saturated carbocycles. The van der Waals surface area contributed by atoms with Crippen molar-refractivity contribution in [1.82, 2.24) is 15.2 Å². The number of nitrogens with zero attached hydrogens (tertiary/aromatic N) is 1. The van der Waals surface area contributed by atoms with Gasteiger partial charge in [-0.05, 0) is 67.5 Å². The number of hydrazine groups is 1. The van der Waals surface area contributed by atoms with Gasteiger partial charge in [-0.1, -0.05) is 6.92 Å². The third-order valence-corrected chi connectivity index (χ3v) is 8.37. The van der Waals surface area contributed by atoms with Gasteiger partial charge < -0.3 is 0 Å². The summed E-state index contributed by atoms with van der Waals surface area (Å²) < 4.78 is 39.0. The number of carbonyl (C=O) groups excluding carboxylic acids is 2. The van der Waals surface area contributed by atoms with Gasteiger partial charge in [-0.15, -0.1) is 11.3 Å². The second-order valence-electron chi connectivity index (χ2n) is 7.79. The van der Waals surface area contributed by atoms with E-state index in [1.807, 2.05) is 6.07 Å². The molecule has 0 saturated heterocycles. The molecule has 2 aromatic rings. The Kier molecular flexibility index (Phi) is 7.45. The number of benzene rings is 1. The molecule has 168 valence electrons. The molecule has 2 N–H and O–H groups in total. The van der Waals surface area contributed by atoms with Crippen LogP contribution >= 0.6 is 11.3 Å². The summed E-state index contributed by atoms with van der Waals surface area (Å²) in [4.78, 5) is 26.1. The second kappa shape index (κ2) is 9.88. The highest BCUT2D eigenvalue weighted by Gasteiger charge is 2.22. The van der Waals surface area contributed by atoms with Crippen LogP contribution in [-0.4, -0.2) is 38.1 Å². The van der Waals surface area contributed by atoms with Crippen LogP contribution in [0.3, 0.4) is 0 Å². The lowest BCUT2D eigenvalue weighted by Crippen LogP contribution is -2.41. The Morgan fingerprint density at radius 1 is 1.23 bits per heavy atom. The molecule has 1 aromatic heterocycles. The first-order chi connectivity index (χ1) is 14.7. The first-order valence-corrected chi connectivity index (χ1v) is 12.3. The number of rotatable bonds is 7. The van der Waals surface area contributed by atoms with Gasteiger partial charge >= 0.3 is 0 Å². The van der Waals surface area contributed by atoms with E-state index in [0.29, 0.717) is 10.8 Å². The normalized spacial score (nSPS) is 16.1. The molecule has 3 rings (SSSR count). The summed E-state index contributed by atoms with van der Waals surface area (Å²) in [7, 11) is -2.35. The molecule has 1 aliphatic carbocycles. The number of hydrogen-bond donors (Lipinski definition) is 2. The molecule has 1 unspecified atom stereocenters. The Morgan fingerprint density at radius 3 is 2.65 bits per heavy atom. The van der Waals surface area contributed by atoms with Gasteiger partial charge in [-0.3, -0.25) is 20.4 Å². The Hall–Kier alpha value is -2.30. The maximum atomic E-state index is 13.0. The summed E-state index contributed by atoms with van der Waals surface area (Å²) in [5.74, 6) is -0.660. The zero-order valence-electron chi connectivity index (χ0n) is 17.5. The van der Waals surface area contributed by atoms with Gasteiger partial charge in [0.05, 0.1) is 9.77 Å². The third-order valence-electron chi connectivity index (χ3n) is 5.27. The van der Waals surface area contributed by atoms with Gasteiger partial charge in [0, 0.05) is 24.9 Å². The summed E-state index contributed by atoms with van der Waals surface area (Å²) in [6.07, 6.45) is 3.39. The van der Waals surface area contributed by atoms with Crippen molar-refractivity contribution in [3.05, 3.63) is 51.5 Å². The van der Waals surface area contributed by atoms with Crippen LogP contribution in [0.2, 0.25) is 0 Å². The van der Waals surface area contributed by atoms with E-state index < -0.39 is 21.7 Å². The Morgan fingerprint density at radius 2 is 1.94 bits per heavy atom. The molecule has 2 amide bonds. The van der Waals surface area contributed by atoms with Crippen molar-refractivity contribution in [3.8, 4) is 0 Å². The minimum absolute atomic E-state index is 0.0128. The van der Waals surface area contributed by atoms with Crippen LogP contribution in [-0.2, 0) is 27.7 Å². The first kappa shape index (κ1) is 23.4. The van der Waals surface area contributed by atoms with Crippen molar-refractivity contribution in [3.63, 3.8) is 0 Å². The van der Waals surface area contributed by atoms with E-state index in [9.17, 15) is 22.4 Å². The molecular formula is C21H26FN3O4S2. The molecule has 0 spiro atoms. The molecule has 31 heavy (non-hydrogen) atoms. The predicted molar refractivity (Wildman–Crippen MR) is 117 cm³/mol. The molecule has 1 atom stereocenters. The van der Waals surface area contributed by atoms with Crippen molar-refractivity contribution in [2.45, 2.75) is 43.9 Å². The van der Waals surface area contributed by atoms with Crippen molar-refractivity contribution in [1.29, 1.82) is 0 Å². The highest BCUT2D eigenvalue weighted by atomic mass is 32.2. The van der Waals surface area contributed by atoms with Crippen LogP contribution in [0.1, 0.15) is 46.3 Å². The molecule has 7 nitrogen and oxygen atoms in total. The lowest BCUT2D eigenvalue weighted by atomic mass is 9.90. The van der Waals surface area contributed by atoms with Gasteiger partial charge in [0.2, 0.25) is 15.9 Å². The summed E-state index contributed by atoms with van der Waals surface area (Å²) >= 11 is 1.46. The monoisotopic (exact) mass is 467 g/mol. The zero-order chi connectivity index (χ0) is 22.6. The summed E-state index contributed by atoms with van der Waals surface area (Å²) in [6, 6.07) is 6.47. The van der Waals surface area contributed by atoms with E-state index in [2.05, 4.69) is 17.8 Å². The SMILES string of the molecule is CC1CCc2sc(C(=O)NNC(=O)CCCN(C)S(=O)(=O)c3ccc(F)cc3)cc2C1. The van der Waals surface area contributed by atoms with Gasteiger partial charge in [0.25, 0.3) is 5.91 Å². The van der Waals surface area contributed by atoms with E-state index in [4.69, 9.17) is 0 Å². The number of sulfonamides is 1. The van der Waals surface area contributed by atoms with Gasteiger partial charge in [-0.25, -0.2) is 17.1 Å². The molecule has 1 heterocycles. The lowest BCUT2D eigenvalue weighted by molar-refractivity contribution is -0.122. The number of thiophene rings is 1. The Bertz CT molecular complexity index is 1050. The topological polar surface area (TPSA) is 95.6 Å². The van der Waals surface area contributed by atoms with Crippen LogP contribution in [0.25, 0.3) is 0 Å². The van der Waals surface area contributed by atoms with E-state index in [0.717, 1.165) is 35.7 Å². The molecule has 1 aliphatic rings. The number of nitrogens with one attached hydrogen (secondary N) is 2. The molecule has 0 fully saturated rings. The smallest absolute Gasteiger partial charge is 0.273 e. The molecule has 0 bridgehead atoms. The van der Waals surface area contributed by atoms with Crippen LogP contribution < -0.4 is 10.9 Å². The molecular weight excluding hydrogens is 441 g/mol. The summed E-state index contributed by atoms with van der Waals surface area (Å²) in [5, 5.41) is 0. The average molecular weight is 468 g/mol. The van der Waals surface area contributed by atoms with Crippen LogP contribution in [0.4, 0.5) is 4.39 Å². The maximum absolute atomic E-state index is 13.0. The van der Waals surface area contributed by atoms with Crippen LogP contribution in [0.15, 0.2) is 35.2 Å². The number of halogens is 1. The van der Waals surface area contributed by atoms with Crippen molar-refractivity contribution >= 4 is 33.2 Å². The summed E-state index contributed by atoms with van der Waals surface area (Å²) in [6.45, 7) is 2.31. The Labute approximate surface area is 185 Å². The number of carbonyl (C=O) groups is 2. The fourth-order valence-corrected chi connectivity index (χ4v) is 5.75. The van der Waals surface area contributed by atoms with Crippen LogP contribution in [0, 0.1) is 11.7 Å². The average Bonchev–Trinajstić information content (AvgIpc) is 3.15. The number of amides is 2. The van der Waals surface area contributed by atoms with Gasteiger partial charge in [0.1, 0.15) is 5.82 Å². The highest BCUT2D eigenvalue weighted by molar-refractivity contribution is 7.89. The highest BCUT2D eigenvalue weighted by Crippen LogP contribution is 2.32. The standard InChI is InChI=1S/C21H26FN3O4S2/c1-14-5-10-18-15(12-14)13-19(30-18)21(27)24-23-20(26)4-3-11-25(2)31(28,29)17-8-6-16(22)7-9-17/h6-9,13-14H,3-5,10-12H2,1-2H3,(H,23,26)(H,24,27). The second-order valence-corrected chi connectivity index (χ2v) is 11.0. The fourth-order valence-electron chi connectivity index (χ4n) is 3.44.